The number of aryl methyl sites for hydroxylation is 2. The quantitative estimate of drug-likeness (QED) is 0.828. The molecule has 1 aromatic heterocycles. The molecule has 1 aromatic carbocycles. The van der Waals surface area contributed by atoms with E-state index in [0.717, 1.165) is 24.4 Å². The molecule has 1 aliphatic rings. The van der Waals surface area contributed by atoms with Crippen LogP contribution >= 0.6 is 12.4 Å². The molecule has 1 fully saturated rings. The third kappa shape index (κ3) is 4.74. The van der Waals surface area contributed by atoms with Crippen LogP contribution in [0.1, 0.15) is 36.2 Å². The first kappa shape index (κ1) is 20.2. The summed E-state index contributed by atoms with van der Waals surface area (Å²) >= 11 is 0. The van der Waals surface area contributed by atoms with Crippen molar-refractivity contribution in [2.75, 3.05) is 26.7 Å². The molecule has 0 bridgehead atoms. The lowest BCUT2D eigenvalue weighted by Crippen LogP contribution is -2.48. The number of nitrogens with one attached hydrogen (secondary N) is 1. The SMILES string of the molecule is COc1ccccc1C1CNCCN1C(=O)CCCc1nc(C)no1.Cl. The minimum atomic E-state index is -0.0111. The number of ether oxygens (including phenoxy) is 1. The maximum absolute atomic E-state index is 12.8. The summed E-state index contributed by atoms with van der Waals surface area (Å²) in [7, 11) is 1.66. The fourth-order valence-corrected chi connectivity index (χ4v) is 3.20. The topological polar surface area (TPSA) is 80.5 Å². The molecule has 1 unspecified atom stereocenters. The first-order chi connectivity index (χ1) is 12.2. The predicted molar refractivity (Wildman–Crippen MR) is 99.5 cm³/mol. The van der Waals surface area contributed by atoms with Crippen molar-refractivity contribution >= 4 is 18.3 Å². The van der Waals surface area contributed by atoms with Crippen LogP contribution in [-0.4, -0.2) is 47.7 Å². The summed E-state index contributed by atoms with van der Waals surface area (Å²) in [4.78, 5) is 18.9. The normalized spacial score (nSPS) is 16.8. The van der Waals surface area contributed by atoms with E-state index >= 15 is 0 Å². The van der Waals surface area contributed by atoms with Crippen LogP contribution in [0.5, 0.6) is 5.75 Å². The number of aromatic nitrogens is 2. The van der Waals surface area contributed by atoms with Crippen LogP contribution in [-0.2, 0) is 11.2 Å². The molecule has 1 atom stereocenters. The highest BCUT2D eigenvalue weighted by Gasteiger charge is 2.29. The monoisotopic (exact) mass is 380 g/mol. The molecule has 0 radical (unpaired) electrons. The van der Waals surface area contributed by atoms with E-state index in [1.165, 1.54) is 0 Å². The number of hydrogen-bond acceptors (Lipinski definition) is 6. The maximum Gasteiger partial charge on any atom is 0.226 e. The molecule has 2 heterocycles. The molecule has 0 saturated carbocycles. The van der Waals surface area contributed by atoms with E-state index in [2.05, 4.69) is 15.5 Å². The molecule has 26 heavy (non-hydrogen) atoms. The highest BCUT2D eigenvalue weighted by molar-refractivity contribution is 5.85. The zero-order chi connectivity index (χ0) is 17.6. The van der Waals surface area contributed by atoms with E-state index in [0.29, 0.717) is 37.5 Å². The summed E-state index contributed by atoms with van der Waals surface area (Å²) in [6, 6.07) is 7.87. The number of carbonyl (C=O) groups is 1. The van der Waals surface area contributed by atoms with Gasteiger partial charge in [0.15, 0.2) is 5.82 Å². The Bertz CT molecular complexity index is 722. The molecule has 1 saturated heterocycles. The Kier molecular flexibility index (Phi) is 7.41. The molecule has 1 N–H and O–H groups in total. The molecule has 1 amide bonds. The van der Waals surface area contributed by atoms with Gasteiger partial charge in [0.25, 0.3) is 0 Å². The smallest absolute Gasteiger partial charge is 0.226 e. The molecule has 8 heteroatoms. The number of piperazine rings is 1. The van der Waals surface area contributed by atoms with Gasteiger partial charge in [-0.3, -0.25) is 4.79 Å². The third-order valence-electron chi connectivity index (χ3n) is 4.41. The molecule has 142 valence electrons. The number of para-hydroxylation sites is 1. The average molecular weight is 381 g/mol. The van der Waals surface area contributed by atoms with Gasteiger partial charge in [0.1, 0.15) is 5.75 Å². The Morgan fingerprint density at radius 1 is 1.42 bits per heavy atom. The van der Waals surface area contributed by atoms with Crippen molar-refractivity contribution in [3.8, 4) is 5.75 Å². The molecule has 3 rings (SSSR count). The molecular weight excluding hydrogens is 356 g/mol. The molecule has 0 aliphatic carbocycles. The highest BCUT2D eigenvalue weighted by atomic mass is 35.5. The lowest BCUT2D eigenvalue weighted by atomic mass is 10.0. The van der Waals surface area contributed by atoms with Gasteiger partial charge < -0.3 is 19.5 Å². The van der Waals surface area contributed by atoms with Crippen LogP contribution in [0.25, 0.3) is 0 Å². The second kappa shape index (κ2) is 9.54. The zero-order valence-corrected chi connectivity index (χ0v) is 15.9. The maximum atomic E-state index is 12.8. The average Bonchev–Trinajstić information content (AvgIpc) is 3.06. The molecule has 7 nitrogen and oxygen atoms in total. The summed E-state index contributed by atoms with van der Waals surface area (Å²) in [6.07, 6.45) is 1.79. The zero-order valence-electron chi connectivity index (χ0n) is 15.1. The number of halogens is 1. The van der Waals surface area contributed by atoms with Crippen LogP contribution in [0.3, 0.4) is 0 Å². The summed E-state index contributed by atoms with van der Waals surface area (Å²) in [6.45, 7) is 4.02. The molecule has 2 aromatic rings. The standard InChI is InChI=1S/C18H24N4O3.ClH/c1-13-20-17(25-21-13)8-5-9-18(23)22-11-10-19-12-15(22)14-6-3-4-7-16(14)24-2;/h3-4,6-7,15,19H,5,8-12H2,1-2H3;1H. The Hall–Kier alpha value is -2.12. The van der Waals surface area contributed by atoms with E-state index in [9.17, 15) is 4.79 Å². The van der Waals surface area contributed by atoms with E-state index in [4.69, 9.17) is 9.26 Å². The van der Waals surface area contributed by atoms with Crippen molar-refractivity contribution in [2.24, 2.45) is 0 Å². The largest absolute Gasteiger partial charge is 0.496 e. The number of nitrogens with zero attached hydrogens (tertiary/aromatic N) is 3. The van der Waals surface area contributed by atoms with Gasteiger partial charge in [0, 0.05) is 38.0 Å². The van der Waals surface area contributed by atoms with Gasteiger partial charge >= 0.3 is 0 Å². The Morgan fingerprint density at radius 2 is 2.23 bits per heavy atom. The minimum absolute atomic E-state index is 0. The number of methoxy groups -OCH3 is 1. The molecular formula is C18H25ClN4O3. The van der Waals surface area contributed by atoms with Crippen LogP contribution in [0.2, 0.25) is 0 Å². The van der Waals surface area contributed by atoms with Crippen LogP contribution in [0, 0.1) is 6.92 Å². The summed E-state index contributed by atoms with van der Waals surface area (Å²) in [5.41, 5.74) is 1.04. The van der Waals surface area contributed by atoms with E-state index < -0.39 is 0 Å². The van der Waals surface area contributed by atoms with E-state index in [1.54, 1.807) is 14.0 Å². The molecule has 1 aliphatic heterocycles. The van der Waals surface area contributed by atoms with Crippen molar-refractivity contribution in [1.82, 2.24) is 20.4 Å². The lowest BCUT2D eigenvalue weighted by molar-refractivity contribution is -0.134. The van der Waals surface area contributed by atoms with Gasteiger partial charge in [-0.1, -0.05) is 23.4 Å². The summed E-state index contributed by atoms with van der Waals surface area (Å²) in [5, 5.41) is 7.14. The van der Waals surface area contributed by atoms with Crippen molar-refractivity contribution in [3.05, 3.63) is 41.5 Å². The number of benzene rings is 1. The third-order valence-corrected chi connectivity index (χ3v) is 4.41. The number of hydrogen-bond donors (Lipinski definition) is 1. The second-order valence-electron chi connectivity index (χ2n) is 6.14. The summed E-state index contributed by atoms with van der Waals surface area (Å²) < 4.78 is 10.6. The number of carbonyl (C=O) groups excluding carboxylic acids is 1. The van der Waals surface area contributed by atoms with Gasteiger partial charge in [-0.05, 0) is 19.4 Å². The van der Waals surface area contributed by atoms with E-state index in [1.807, 2.05) is 29.2 Å². The Labute approximate surface area is 159 Å². The number of rotatable bonds is 6. The Morgan fingerprint density at radius 3 is 2.96 bits per heavy atom. The van der Waals surface area contributed by atoms with Crippen molar-refractivity contribution in [2.45, 2.75) is 32.2 Å². The lowest BCUT2D eigenvalue weighted by Gasteiger charge is -2.37. The predicted octanol–water partition coefficient (Wildman–Crippen LogP) is 2.30. The van der Waals surface area contributed by atoms with Gasteiger partial charge in [-0.15, -0.1) is 12.4 Å². The summed E-state index contributed by atoms with van der Waals surface area (Å²) in [5.74, 6) is 2.18. The van der Waals surface area contributed by atoms with Gasteiger partial charge in [0.2, 0.25) is 11.8 Å². The fraction of sp³-hybridized carbons (Fsp3) is 0.500. The minimum Gasteiger partial charge on any atom is -0.496 e. The van der Waals surface area contributed by atoms with Crippen LogP contribution in [0.4, 0.5) is 0 Å². The van der Waals surface area contributed by atoms with Gasteiger partial charge in [-0.2, -0.15) is 4.98 Å². The highest BCUT2D eigenvalue weighted by Crippen LogP contribution is 2.30. The molecule has 0 spiro atoms. The van der Waals surface area contributed by atoms with Gasteiger partial charge in [0.05, 0.1) is 13.2 Å². The van der Waals surface area contributed by atoms with Gasteiger partial charge in [-0.25, -0.2) is 0 Å². The first-order valence-electron chi connectivity index (χ1n) is 8.61. The van der Waals surface area contributed by atoms with Crippen molar-refractivity contribution in [3.63, 3.8) is 0 Å². The van der Waals surface area contributed by atoms with Crippen molar-refractivity contribution < 1.29 is 14.1 Å². The fourth-order valence-electron chi connectivity index (χ4n) is 3.20. The van der Waals surface area contributed by atoms with Crippen LogP contribution in [0.15, 0.2) is 28.8 Å². The Balaban J connectivity index is 0.00000243. The number of amides is 1. The van der Waals surface area contributed by atoms with E-state index in [-0.39, 0.29) is 24.4 Å². The second-order valence-corrected chi connectivity index (χ2v) is 6.14. The van der Waals surface area contributed by atoms with Crippen LogP contribution < -0.4 is 10.1 Å². The van der Waals surface area contributed by atoms with Crippen molar-refractivity contribution in [1.29, 1.82) is 0 Å². The first-order valence-corrected chi connectivity index (χ1v) is 8.61.